The first-order valence-electron chi connectivity index (χ1n) is 23.2. The Bertz CT molecular complexity index is 2290. The fraction of sp³-hybridized carbons (Fsp3) is 0.483. The summed E-state index contributed by atoms with van der Waals surface area (Å²) in [6.07, 6.45) is 8.50. The first-order valence-corrected chi connectivity index (χ1v) is 24.4. The number of benzene rings is 3. The Labute approximate surface area is 412 Å². The van der Waals surface area contributed by atoms with Gasteiger partial charge in [0.25, 0.3) is 0 Å². The molecule has 1 saturated carbocycles. The Kier molecular flexibility index (Phi) is 15.7. The topological polar surface area (TPSA) is 0 Å². The summed E-state index contributed by atoms with van der Waals surface area (Å²) in [5, 5.41) is 0. The van der Waals surface area contributed by atoms with Crippen molar-refractivity contribution >= 4 is 8.78 Å². The number of allylic oxidation sites excluding steroid dienone is 6. The summed E-state index contributed by atoms with van der Waals surface area (Å²) in [5.41, 5.74) is 19.3. The SMILES string of the molecule is CC(C)(C)c1ccc([C](=[Zr+2])c2ccc(C(C)(C)C)cc2)cc1.C[C-]1C2=C3Cc4ccccc4C3=C3C=CCCC3C2(C)C(C)(C)C(C)(C)C1(C)C.Cc1cc(C(C)(C)C)c[cH-]1.[Cl-].[Cl-]. The third kappa shape index (κ3) is 9.53. The molecule has 3 heteroatoms. The normalized spacial score (nSPS) is 21.5. The third-order valence-corrected chi connectivity index (χ3v) is 18.1. The molecule has 1 fully saturated rings. The van der Waals surface area contributed by atoms with Crippen LogP contribution >= 0.6 is 0 Å². The molecule has 8 rings (SSSR count). The Morgan fingerprint density at radius 2 is 1.17 bits per heavy atom. The zero-order valence-electron chi connectivity index (χ0n) is 42.3. The summed E-state index contributed by atoms with van der Waals surface area (Å²) < 4.78 is 1.42. The van der Waals surface area contributed by atoms with Crippen LogP contribution in [0.25, 0.3) is 5.57 Å². The van der Waals surface area contributed by atoms with Crippen LogP contribution in [0.3, 0.4) is 0 Å². The van der Waals surface area contributed by atoms with E-state index in [2.05, 4.69) is 228 Å². The molecular weight excluding hydrogens is 883 g/mol. The van der Waals surface area contributed by atoms with E-state index in [1.165, 1.54) is 84.8 Å². The number of fused-ring (bicyclic) bond motifs is 6. The van der Waals surface area contributed by atoms with Gasteiger partial charge in [-0.25, -0.2) is 12.0 Å². The molecule has 2 unspecified atom stereocenters. The van der Waals surface area contributed by atoms with Gasteiger partial charge in [0.2, 0.25) is 0 Å². The Morgan fingerprint density at radius 1 is 0.683 bits per heavy atom. The largest absolute Gasteiger partial charge is 1.00 e. The number of halogens is 2. The Hall–Kier alpha value is -2.57. The van der Waals surface area contributed by atoms with Gasteiger partial charge >= 0.3 is 151 Å². The quantitative estimate of drug-likeness (QED) is 0.176. The second kappa shape index (κ2) is 18.6. The minimum Gasteiger partial charge on any atom is -1.00 e. The van der Waals surface area contributed by atoms with Crippen LogP contribution in [0.15, 0.2) is 120 Å². The summed E-state index contributed by atoms with van der Waals surface area (Å²) in [6.45, 7) is 42.7. The Balaban J connectivity index is 0.000000227. The summed E-state index contributed by atoms with van der Waals surface area (Å²) in [7, 11) is 0. The van der Waals surface area contributed by atoms with Crippen molar-refractivity contribution in [2.75, 3.05) is 0 Å². The molecule has 0 amide bonds. The van der Waals surface area contributed by atoms with Gasteiger partial charge in [-0.15, -0.1) is 6.92 Å². The van der Waals surface area contributed by atoms with Gasteiger partial charge in [-0.05, 0) is 40.6 Å². The van der Waals surface area contributed by atoms with Crippen LogP contribution in [-0.4, -0.2) is 3.21 Å². The van der Waals surface area contributed by atoms with Gasteiger partial charge in [0.1, 0.15) is 0 Å². The van der Waals surface area contributed by atoms with Crippen LogP contribution in [0.2, 0.25) is 0 Å². The molecule has 63 heavy (non-hydrogen) atoms. The van der Waals surface area contributed by atoms with Crippen LogP contribution in [-0.2, 0) is 46.9 Å². The second-order valence-electron chi connectivity index (χ2n) is 23.7. The minimum atomic E-state index is 0. The molecule has 0 saturated heterocycles. The van der Waals surface area contributed by atoms with Crippen molar-refractivity contribution < 1.29 is 49.0 Å². The van der Waals surface area contributed by atoms with E-state index in [0.717, 1.165) is 6.42 Å². The molecule has 0 radical (unpaired) electrons. The fourth-order valence-electron chi connectivity index (χ4n) is 11.0. The second-order valence-corrected chi connectivity index (χ2v) is 24.9. The third-order valence-electron chi connectivity index (χ3n) is 16.6. The monoisotopic (exact) mass is 958 g/mol. The molecule has 4 aliphatic rings. The van der Waals surface area contributed by atoms with Gasteiger partial charge in [-0.1, -0.05) is 147 Å². The predicted molar refractivity (Wildman–Crippen MR) is 263 cm³/mol. The molecule has 338 valence electrons. The van der Waals surface area contributed by atoms with E-state index in [1.54, 1.807) is 28.2 Å². The molecule has 0 nitrogen and oxygen atoms in total. The molecule has 4 aromatic rings. The molecule has 0 N–H and O–H groups in total. The maximum atomic E-state index is 2.62. The van der Waals surface area contributed by atoms with Crippen molar-refractivity contribution in [3.8, 4) is 0 Å². The van der Waals surface area contributed by atoms with Crippen molar-refractivity contribution in [1.82, 2.24) is 0 Å². The first-order chi connectivity index (χ1) is 28.1. The number of hydrogen-bond donors (Lipinski definition) is 0. The fourth-order valence-corrected chi connectivity index (χ4v) is 11.9. The first kappa shape index (κ1) is 53.1. The van der Waals surface area contributed by atoms with E-state index in [1.807, 2.05) is 0 Å². The molecule has 0 heterocycles. The van der Waals surface area contributed by atoms with Crippen molar-refractivity contribution in [3.05, 3.63) is 170 Å². The molecular formula is C60H78Cl2Zr-2. The van der Waals surface area contributed by atoms with Crippen molar-refractivity contribution in [2.24, 2.45) is 27.6 Å². The van der Waals surface area contributed by atoms with E-state index in [4.69, 9.17) is 0 Å². The van der Waals surface area contributed by atoms with Gasteiger partial charge in [0.15, 0.2) is 0 Å². The predicted octanol–water partition coefficient (Wildman–Crippen LogP) is 10.4. The van der Waals surface area contributed by atoms with E-state index in [0.29, 0.717) is 11.3 Å². The number of rotatable bonds is 2. The van der Waals surface area contributed by atoms with Gasteiger partial charge in [-0.3, -0.25) is 0 Å². The summed E-state index contributed by atoms with van der Waals surface area (Å²) >= 11 is 1.46. The average Bonchev–Trinajstić information content (AvgIpc) is 3.81. The van der Waals surface area contributed by atoms with Crippen molar-refractivity contribution in [3.63, 3.8) is 0 Å². The van der Waals surface area contributed by atoms with Crippen molar-refractivity contribution in [2.45, 2.75) is 160 Å². The van der Waals surface area contributed by atoms with E-state index < -0.39 is 0 Å². The molecule has 2 atom stereocenters. The summed E-state index contributed by atoms with van der Waals surface area (Å²) in [5.74, 6) is 2.24. The molecule has 4 aliphatic carbocycles. The standard InChI is InChI=1S/C29H37.C21H26.C10H15.2ClH.Zr/c1-18-25-22-17-19-13-9-10-14-20(19)24(22)21-15-11-12-16-23(21)29(25,8)28(6,7)27(4,5)26(18,2)3;1-20(2,3)18-11-7-16(8-12-18)15-17-9-13-19(14-10-17)21(4,5)6;1-8-5-6-9(7-8)10(2,3)4;;;/h9-11,13-15,23H,12,16-17H2,1-8H3;7-14H,1-6H3;5-7H,1-4H3;2*1H;/q-1;;-1;;;+2/p-2. The van der Waals surface area contributed by atoms with Crippen molar-refractivity contribution in [1.29, 1.82) is 0 Å². The van der Waals surface area contributed by atoms with Gasteiger partial charge in [0, 0.05) is 0 Å². The van der Waals surface area contributed by atoms with Gasteiger partial charge < -0.3 is 24.8 Å². The molecule has 0 spiro atoms. The number of hydrogen-bond acceptors (Lipinski definition) is 0. The van der Waals surface area contributed by atoms with Crippen LogP contribution in [0, 0.1) is 40.4 Å². The van der Waals surface area contributed by atoms with Crippen LogP contribution in [0.1, 0.15) is 175 Å². The van der Waals surface area contributed by atoms with E-state index in [9.17, 15) is 0 Å². The summed E-state index contributed by atoms with van der Waals surface area (Å²) in [4.78, 5) is 0. The van der Waals surface area contributed by atoms with E-state index >= 15 is 0 Å². The Morgan fingerprint density at radius 3 is 1.62 bits per heavy atom. The zero-order valence-corrected chi connectivity index (χ0v) is 46.2. The maximum absolute atomic E-state index is 2.62. The smallest absolute Gasteiger partial charge is 0.00969 e. The zero-order chi connectivity index (χ0) is 45.3. The summed E-state index contributed by atoms with van der Waals surface area (Å²) in [6, 6.07) is 33.9. The number of aryl methyl sites for hydroxylation is 1. The molecule has 0 aromatic heterocycles. The minimum absolute atomic E-state index is 0. The molecule has 0 aliphatic heterocycles. The van der Waals surface area contributed by atoms with E-state index in [-0.39, 0.29) is 57.3 Å². The van der Waals surface area contributed by atoms with Crippen LogP contribution < -0.4 is 24.8 Å². The van der Waals surface area contributed by atoms with Gasteiger partial charge in [-0.2, -0.15) is 34.4 Å². The molecule has 0 bridgehead atoms. The van der Waals surface area contributed by atoms with Gasteiger partial charge in [0.05, 0.1) is 0 Å². The maximum Gasteiger partial charge on any atom is -0.00969 e. The molecule has 4 aromatic carbocycles. The van der Waals surface area contributed by atoms with Crippen LogP contribution in [0.5, 0.6) is 0 Å². The average molecular weight is 961 g/mol. The van der Waals surface area contributed by atoms with Crippen LogP contribution in [0.4, 0.5) is 0 Å².